The van der Waals surface area contributed by atoms with Crippen LogP contribution in [0.1, 0.15) is 35.1 Å². The highest BCUT2D eigenvalue weighted by Gasteiger charge is 2.23. The van der Waals surface area contributed by atoms with Crippen LogP contribution in [-0.4, -0.2) is 40.6 Å². The third kappa shape index (κ3) is 4.89. The number of nitrogens with one attached hydrogen (secondary N) is 2. The summed E-state index contributed by atoms with van der Waals surface area (Å²) in [6.45, 7) is 0.366. The Balaban J connectivity index is 0.00000261. The van der Waals surface area contributed by atoms with E-state index in [2.05, 4.69) is 25.7 Å². The normalized spacial score (nSPS) is 14.7. The summed E-state index contributed by atoms with van der Waals surface area (Å²) in [5.41, 5.74) is 0.856. The van der Waals surface area contributed by atoms with E-state index in [0.717, 1.165) is 38.1 Å². The number of aromatic nitrogens is 3. The lowest BCUT2D eigenvalue weighted by atomic mass is 10.1. The monoisotopic (exact) mass is 405 g/mol. The molecule has 2 heterocycles. The topological polar surface area (TPSA) is 81.1 Å². The number of anilines is 1. The fourth-order valence-electron chi connectivity index (χ4n) is 2.91. The van der Waals surface area contributed by atoms with Gasteiger partial charge in [-0.15, -0.1) is 17.5 Å². The van der Waals surface area contributed by atoms with Crippen LogP contribution in [0, 0.1) is 12.7 Å². The third-order valence-corrected chi connectivity index (χ3v) is 4.20. The molecule has 1 saturated heterocycles. The molecule has 0 bridgehead atoms. The zero-order valence-corrected chi connectivity index (χ0v) is 15.2. The highest BCUT2D eigenvalue weighted by molar-refractivity contribution is 6.03. The number of benzene rings is 1. The molecule has 1 amide bonds. The van der Waals surface area contributed by atoms with Gasteiger partial charge in [0.2, 0.25) is 0 Å². The summed E-state index contributed by atoms with van der Waals surface area (Å²) in [6.07, 6.45) is 1.78. The van der Waals surface area contributed by atoms with Crippen molar-refractivity contribution in [3.8, 4) is 5.75 Å². The second kappa shape index (κ2) is 9.05. The molecule has 1 aromatic carbocycles. The first-order valence-corrected chi connectivity index (χ1v) is 8.14. The van der Waals surface area contributed by atoms with Gasteiger partial charge in [0, 0.05) is 11.8 Å². The lowest BCUT2D eigenvalue weighted by molar-refractivity contribution is -0.0521. The Hall–Kier alpha value is -2.33. The van der Waals surface area contributed by atoms with Crippen LogP contribution < -0.4 is 15.4 Å². The number of ether oxygens (including phenoxy) is 1. The maximum atomic E-state index is 13.7. The molecule has 0 unspecified atom stereocenters. The number of piperidine rings is 1. The summed E-state index contributed by atoms with van der Waals surface area (Å²) in [4.78, 5) is 12.4. The van der Waals surface area contributed by atoms with Gasteiger partial charge in [0.05, 0.1) is 11.7 Å². The van der Waals surface area contributed by atoms with Gasteiger partial charge in [-0.3, -0.25) is 4.79 Å². The van der Waals surface area contributed by atoms with Gasteiger partial charge in [0.25, 0.3) is 5.91 Å². The number of hydrogen-bond acceptors (Lipinski definition) is 5. The van der Waals surface area contributed by atoms with Crippen molar-refractivity contribution in [1.29, 1.82) is 0 Å². The zero-order valence-electron chi connectivity index (χ0n) is 14.4. The van der Waals surface area contributed by atoms with Crippen LogP contribution in [0.15, 0.2) is 18.2 Å². The minimum Gasteiger partial charge on any atom is -0.432 e. The van der Waals surface area contributed by atoms with E-state index in [0.29, 0.717) is 5.69 Å². The number of carbonyl (C=O) groups excluding carboxylic acids is 1. The molecule has 2 aromatic rings. The molecule has 0 radical (unpaired) electrons. The largest absolute Gasteiger partial charge is 0.432 e. The summed E-state index contributed by atoms with van der Waals surface area (Å²) < 4.78 is 43.8. The van der Waals surface area contributed by atoms with Crippen LogP contribution in [0.25, 0.3) is 0 Å². The van der Waals surface area contributed by atoms with E-state index < -0.39 is 24.1 Å². The smallest absolute Gasteiger partial charge is 0.387 e. The predicted molar refractivity (Wildman–Crippen MR) is 94.1 cm³/mol. The number of hydrogen-bond donors (Lipinski definition) is 2. The lowest BCUT2D eigenvalue weighted by Crippen LogP contribution is -2.30. The average molecular weight is 406 g/mol. The van der Waals surface area contributed by atoms with Gasteiger partial charge in [-0.05, 0) is 45.0 Å². The van der Waals surface area contributed by atoms with Crippen molar-refractivity contribution in [2.24, 2.45) is 0 Å². The summed E-state index contributed by atoms with van der Waals surface area (Å²) in [5.74, 6) is -2.14. The maximum absolute atomic E-state index is 13.7. The Morgan fingerprint density at radius 2 is 2.07 bits per heavy atom. The summed E-state index contributed by atoms with van der Waals surface area (Å²) in [5, 5.41) is 13.7. The first kappa shape index (κ1) is 21.0. The Bertz CT molecular complexity index is 796. The number of halogens is 4. The fraction of sp³-hybridized carbons (Fsp3) is 0.438. The minimum atomic E-state index is -3.13. The first-order chi connectivity index (χ1) is 12.5. The van der Waals surface area contributed by atoms with Crippen molar-refractivity contribution in [2.45, 2.75) is 32.4 Å². The van der Waals surface area contributed by atoms with Crippen LogP contribution >= 0.6 is 12.4 Å². The van der Waals surface area contributed by atoms with Gasteiger partial charge in [-0.2, -0.15) is 8.78 Å². The fourth-order valence-corrected chi connectivity index (χ4v) is 2.91. The molecular formula is C16H19ClF3N5O2. The predicted octanol–water partition coefficient (Wildman–Crippen LogP) is 2.93. The second-order valence-electron chi connectivity index (χ2n) is 5.93. The molecule has 0 aliphatic carbocycles. The zero-order chi connectivity index (χ0) is 18.7. The van der Waals surface area contributed by atoms with Crippen LogP contribution in [0.2, 0.25) is 0 Å². The van der Waals surface area contributed by atoms with Crippen LogP contribution in [0.4, 0.5) is 18.9 Å². The van der Waals surface area contributed by atoms with E-state index in [1.54, 1.807) is 11.6 Å². The molecular weight excluding hydrogens is 387 g/mol. The minimum absolute atomic E-state index is 0. The first-order valence-electron chi connectivity index (χ1n) is 8.14. The molecule has 7 nitrogen and oxygen atoms in total. The summed E-state index contributed by atoms with van der Waals surface area (Å²) >= 11 is 0. The second-order valence-corrected chi connectivity index (χ2v) is 5.93. The summed E-state index contributed by atoms with van der Waals surface area (Å²) in [6, 6.07) is 3.37. The number of carbonyl (C=O) groups is 1. The van der Waals surface area contributed by atoms with Crippen LogP contribution in [0.5, 0.6) is 5.75 Å². The molecule has 0 saturated carbocycles. The van der Waals surface area contributed by atoms with Crippen molar-refractivity contribution in [1.82, 2.24) is 20.3 Å². The molecule has 0 atom stereocenters. The van der Waals surface area contributed by atoms with Gasteiger partial charge >= 0.3 is 6.61 Å². The maximum Gasteiger partial charge on any atom is 0.387 e. The number of nitrogens with zero attached hydrogens (tertiary/aromatic N) is 3. The molecule has 1 fully saturated rings. The number of alkyl halides is 2. The SMILES string of the molecule is Cc1c(C(=O)Nc2ccc(OC(F)F)c(F)c2)nnn1C1CCNCC1.Cl. The third-order valence-electron chi connectivity index (χ3n) is 4.20. The van der Waals surface area contributed by atoms with Crippen molar-refractivity contribution >= 4 is 24.0 Å². The molecule has 27 heavy (non-hydrogen) atoms. The van der Waals surface area contributed by atoms with Gasteiger partial charge in [-0.1, -0.05) is 5.21 Å². The quantitative estimate of drug-likeness (QED) is 0.799. The average Bonchev–Trinajstić information content (AvgIpc) is 2.99. The molecule has 1 aromatic heterocycles. The van der Waals surface area contributed by atoms with Gasteiger partial charge in [-0.25, -0.2) is 9.07 Å². The van der Waals surface area contributed by atoms with Gasteiger partial charge < -0.3 is 15.4 Å². The Kier molecular flexibility index (Phi) is 7.03. The molecule has 1 aliphatic heterocycles. The molecule has 3 rings (SSSR count). The molecule has 11 heteroatoms. The Morgan fingerprint density at radius 1 is 1.37 bits per heavy atom. The number of amides is 1. The van der Waals surface area contributed by atoms with Crippen molar-refractivity contribution in [3.05, 3.63) is 35.4 Å². The summed E-state index contributed by atoms with van der Waals surface area (Å²) in [7, 11) is 0. The van der Waals surface area contributed by atoms with E-state index in [4.69, 9.17) is 0 Å². The lowest BCUT2D eigenvalue weighted by Gasteiger charge is -2.23. The molecule has 1 aliphatic rings. The van der Waals surface area contributed by atoms with Crippen molar-refractivity contribution < 1.29 is 22.7 Å². The van der Waals surface area contributed by atoms with Gasteiger partial charge in [0.1, 0.15) is 0 Å². The van der Waals surface area contributed by atoms with E-state index in [-0.39, 0.29) is 29.8 Å². The van der Waals surface area contributed by atoms with Crippen LogP contribution in [-0.2, 0) is 0 Å². The highest BCUT2D eigenvalue weighted by atomic mass is 35.5. The van der Waals surface area contributed by atoms with Gasteiger partial charge in [0.15, 0.2) is 17.3 Å². The van der Waals surface area contributed by atoms with E-state index in [1.807, 2.05) is 0 Å². The molecule has 0 spiro atoms. The van der Waals surface area contributed by atoms with Crippen molar-refractivity contribution in [2.75, 3.05) is 18.4 Å². The van der Waals surface area contributed by atoms with E-state index in [9.17, 15) is 18.0 Å². The molecule has 148 valence electrons. The van der Waals surface area contributed by atoms with E-state index >= 15 is 0 Å². The molecule has 2 N–H and O–H groups in total. The van der Waals surface area contributed by atoms with E-state index in [1.165, 1.54) is 6.07 Å². The highest BCUT2D eigenvalue weighted by Crippen LogP contribution is 2.24. The standard InChI is InChI=1S/C16H18F3N5O2.ClH/c1-9-14(22-23-24(9)11-4-6-20-7-5-11)15(25)21-10-2-3-13(12(17)8-10)26-16(18)19;/h2-3,8,11,16,20H,4-7H2,1H3,(H,21,25);1H. The van der Waals surface area contributed by atoms with Crippen molar-refractivity contribution in [3.63, 3.8) is 0 Å². The van der Waals surface area contributed by atoms with Crippen LogP contribution in [0.3, 0.4) is 0 Å². The Morgan fingerprint density at radius 3 is 2.70 bits per heavy atom. The Labute approximate surface area is 159 Å². The number of rotatable bonds is 5.